The summed E-state index contributed by atoms with van der Waals surface area (Å²) >= 11 is 0. The largest absolute Gasteiger partial charge is 0.494 e. The third-order valence-electron chi connectivity index (χ3n) is 6.20. The zero-order valence-corrected chi connectivity index (χ0v) is 22.8. The normalized spacial score (nSPS) is 11.2. The van der Waals surface area contributed by atoms with Gasteiger partial charge in [0, 0.05) is 29.9 Å². The molecule has 3 aromatic rings. The second kappa shape index (κ2) is 17.6. The smallest absolute Gasteiger partial charge is 0.305 e. The van der Waals surface area contributed by atoms with Gasteiger partial charge in [0.05, 0.1) is 19.8 Å². The van der Waals surface area contributed by atoms with E-state index in [1.807, 2.05) is 43.5 Å². The highest BCUT2D eigenvalue weighted by molar-refractivity contribution is 5.79. The minimum atomic E-state index is -0.128. The van der Waals surface area contributed by atoms with Gasteiger partial charge in [-0.15, -0.1) is 0 Å². The molecule has 206 valence electrons. The first-order valence-electron chi connectivity index (χ1n) is 13.9. The van der Waals surface area contributed by atoms with Crippen LogP contribution in [0.1, 0.15) is 79.8 Å². The number of carbonyl (C=O) groups excluding carboxylic acids is 2. The molecule has 0 saturated carbocycles. The predicted octanol–water partition coefficient (Wildman–Crippen LogP) is 7.47. The Morgan fingerprint density at radius 3 is 2.28 bits per heavy atom. The van der Waals surface area contributed by atoms with E-state index in [0.29, 0.717) is 31.8 Å². The lowest BCUT2D eigenvalue weighted by Crippen LogP contribution is -2.02. The molecule has 0 atom stereocenters. The van der Waals surface area contributed by atoms with Crippen LogP contribution in [-0.4, -0.2) is 37.1 Å². The van der Waals surface area contributed by atoms with Crippen molar-refractivity contribution in [3.05, 3.63) is 95.8 Å². The molecule has 0 N–H and O–H groups in total. The monoisotopic (exact) mass is 529 g/mol. The number of hydrogen-bond donors (Lipinski definition) is 0. The molecule has 0 bridgehead atoms. The van der Waals surface area contributed by atoms with Crippen molar-refractivity contribution >= 4 is 17.8 Å². The van der Waals surface area contributed by atoms with E-state index in [2.05, 4.69) is 29.3 Å². The van der Waals surface area contributed by atoms with Crippen LogP contribution in [0.25, 0.3) is 5.57 Å². The van der Waals surface area contributed by atoms with E-state index in [1.54, 1.807) is 18.3 Å². The van der Waals surface area contributed by atoms with Crippen molar-refractivity contribution in [3.8, 4) is 11.5 Å². The van der Waals surface area contributed by atoms with Gasteiger partial charge in [0.15, 0.2) is 0 Å². The Morgan fingerprint density at radius 2 is 1.59 bits per heavy atom. The van der Waals surface area contributed by atoms with Gasteiger partial charge in [-0.3, -0.25) is 14.6 Å². The number of benzene rings is 2. The third-order valence-corrected chi connectivity index (χ3v) is 6.20. The summed E-state index contributed by atoms with van der Waals surface area (Å²) in [4.78, 5) is 26.7. The Morgan fingerprint density at radius 1 is 0.821 bits per heavy atom. The van der Waals surface area contributed by atoms with E-state index in [0.717, 1.165) is 79.4 Å². The maximum atomic E-state index is 11.6. The van der Waals surface area contributed by atoms with Crippen molar-refractivity contribution in [3.63, 3.8) is 0 Å². The Hall–Kier alpha value is -3.93. The number of unbranched alkanes of at least 4 members (excludes halogenated alkanes) is 5. The van der Waals surface area contributed by atoms with E-state index in [4.69, 9.17) is 14.2 Å². The second-order valence-electron chi connectivity index (χ2n) is 9.24. The van der Waals surface area contributed by atoms with Crippen molar-refractivity contribution in [1.82, 2.24) is 4.98 Å². The molecule has 0 radical (unpaired) electrons. The van der Waals surface area contributed by atoms with E-state index < -0.39 is 0 Å². The molecular formula is C33H39NO5. The predicted molar refractivity (Wildman–Crippen MR) is 154 cm³/mol. The number of pyridine rings is 1. The quantitative estimate of drug-likeness (QED) is 0.0967. The number of aldehydes is 1. The van der Waals surface area contributed by atoms with E-state index in [9.17, 15) is 9.59 Å². The molecule has 0 aliphatic rings. The molecule has 0 aliphatic carbocycles. The molecule has 2 aromatic carbocycles. The number of esters is 1. The molecule has 6 nitrogen and oxygen atoms in total. The first-order chi connectivity index (χ1) is 19.2. The fraction of sp³-hybridized carbons (Fsp3) is 0.364. The van der Waals surface area contributed by atoms with Gasteiger partial charge in [-0.2, -0.15) is 0 Å². The zero-order chi connectivity index (χ0) is 27.5. The molecule has 0 fully saturated rings. The number of carbonyl (C=O) groups is 2. The van der Waals surface area contributed by atoms with Gasteiger partial charge in [-0.05, 0) is 93.3 Å². The number of rotatable bonds is 18. The van der Waals surface area contributed by atoms with E-state index in [1.165, 1.54) is 0 Å². The Labute approximate surface area is 232 Å². The van der Waals surface area contributed by atoms with E-state index >= 15 is 0 Å². The topological polar surface area (TPSA) is 74.7 Å². The van der Waals surface area contributed by atoms with Crippen LogP contribution in [-0.2, 0) is 9.53 Å². The number of hydrogen-bond acceptors (Lipinski definition) is 6. The number of allylic oxidation sites excluding steroid dienone is 1. The van der Waals surface area contributed by atoms with Crippen LogP contribution < -0.4 is 9.47 Å². The summed E-state index contributed by atoms with van der Waals surface area (Å²) in [5.41, 5.74) is 3.94. The fourth-order valence-electron chi connectivity index (χ4n) is 4.16. The highest BCUT2D eigenvalue weighted by Gasteiger charge is 2.07. The average molecular weight is 530 g/mol. The Balaban J connectivity index is 1.39. The lowest BCUT2D eigenvalue weighted by molar-refractivity contribution is -0.143. The lowest BCUT2D eigenvalue weighted by atomic mass is 9.97. The Kier molecular flexibility index (Phi) is 13.3. The second-order valence-corrected chi connectivity index (χ2v) is 9.24. The van der Waals surface area contributed by atoms with E-state index in [-0.39, 0.29) is 5.97 Å². The molecule has 1 aromatic heterocycles. The molecule has 3 rings (SSSR count). The van der Waals surface area contributed by atoms with Crippen LogP contribution >= 0.6 is 0 Å². The number of ether oxygens (including phenoxy) is 3. The summed E-state index contributed by atoms with van der Waals surface area (Å²) in [7, 11) is 0. The molecule has 1 heterocycles. The molecule has 0 spiro atoms. The zero-order valence-electron chi connectivity index (χ0n) is 22.8. The van der Waals surface area contributed by atoms with Gasteiger partial charge in [-0.25, -0.2) is 0 Å². The van der Waals surface area contributed by atoms with Crippen molar-refractivity contribution in [2.75, 3.05) is 19.8 Å². The van der Waals surface area contributed by atoms with Gasteiger partial charge in [0.2, 0.25) is 0 Å². The lowest BCUT2D eigenvalue weighted by Gasteiger charge is -2.11. The number of nitrogens with zero attached hydrogens (tertiary/aromatic N) is 1. The fourth-order valence-corrected chi connectivity index (χ4v) is 4.16. The average Bonchev–Trinajstić information content (AvgIpc) is 2.97. The molecule has 6 heteroatoms. The maximum Gasteiger partial charge on any atom is 0.305 e. The first-order valence-corrected chi connectivity index (χ1v) is 13.9. The van der Waals surface area contributed by atoms with Gasteiger partial charge >= 0.3 is 5.97 Å². The van der Waals surface area contributed by atoms with Crippen LogP contribution in [0.4, 0.5) is 0 Å². The Bertz CT molecular complexity index is 1160. The summed E-state index contributed by atoms with van der Waals surface area (Å²) in [6.07, 6.45) is 13.8. The van der Waals surface area contributed by atoms with Gasteiger partial charge in [0.25, 0.3) is 0 Å². The molecular weight excluding hydrogens is 490 g/mol. The summed E-state index contributed by atoms with van der Waals surface area (Å²) in [6, 6.07) is 19.4. The van der Waals surface area contributed by atoms with Crippen molar-refractivity contribution in [2.45, 2.75) is 58.3 Å². The standard InChI is InChI=1S/C33H39NO5/c1-2-37-33(36)16-7-5-6-15-32(29-13-11-21-34-25-29)28-17-19-30(20-18-28)38-22-8-3-4-9-23-39-31-14-10-12-27(24-31)26-35/h10-15,17-21,24-26H,2-9,16,22-23H2,1H3/b32-15+. The number of aromatic nitrogens is 1. The summed E-state index contributed by atoms with van der Waals surface area (Å²) < 4.78 is 16.7. The molecule has 39 heavy (non-hydrogen) atoms. The summed E-state index contributed by atoms with van der Waals surface area (Å²) in [5.74, 6) is 1.47. The van der Waals surface area contributed by atoms with Gasteiger partial charge < -0.3 is 14.2 Å². The minimum Gasteiger partial charge on any atom is -0.494 e. The SMILES string of the molecule is CCOC(=O)CCCC/C=C(\c1ccc(OCCCCCCOc2cccc(C=O)c2)cc1)c1cccnc1. The maximum absolute atomic E-state index is 11.6. The van der Waals surface area contributed by atoms with Gasteiger partial charge in [-0.1, -0.05) is 36.4 Å². The first kappa shape index (κ1) is 29.6. The van der Waals surface area contributed by atoms with Crippen LogP contribution in [0.3, 0.4) is 0 Å². The van der Waals surface area contributed by atoms with Crippen molar-refractivity contribution < 1.29 is 23.8 Å². The van der Waals surface area contributed by atoms with Crippen LogP contribution in [0.15, 0.2) is 79.1 Å². The molecule has 0 saturated heterocycles. The van der Waals surface area contributed by atoms with Crippen LogP contribution in [0.5, 0.6) is 11.5 Å². The minimum absolute atomic E-state index is 0.128. The summed E-state index contributed by atoms with van der Waals surface area (Å²) in [5, 5.41) is 0. The molecule has 0 aliphatic heterocycles. The third kappa shape index (κ3) is 11.1. The van der Waals surface area contributed by atoms with Crippen LogP contribution in [0.2, 0.25) is 0 Å². The molecule has 0 amide bonds. The highest BCUT2D eigenvalue weighted by atomic mass is 16.5. The molecule has 0 unspecified atom stereocenters. The summed E-state index contributed by atoms with van der Waals surface area (Å²) in [6.45, 7) is 3.58. The van der Waals surface area contributed by atoms with Crippen molar-refractivity contribution in [1.29, 1.82) is 0 Å². The van der Waals surface area contributed by atoms with Gasteiger partial charge in [0.1, 0.15) is 17.8 Å². The van der Waals surface area contributed by atoms with Crippen molar-refractivity contribution in [2.24, 2.45) is 0 Å². The van der Waals surface area contributed by atoms with Crippen LogP contribution in [0, 0.1) is 0 Å². The highest BCUT2D eigenvalue weighted by Crippen LogP contribution is 2.26.